The number of thiophene rings is 2. The van der Waals surface area contributed by atoms with Crippen molar-refractivity contribution in [2.24, 2.45) is 0 Å². The molecule has 5 nitrogen and oxygen atoms in total. The number of carbonyl (C=O) groups excluding carboxylic acids is 1. The molecular formula is C20H14N4OS3. The minimum Gasteiger partial charge on any atom is -0.324 e. The van der Waals surface area contributed by atoms with Crippen LogP contribution in [0.2, 0.25) is 0 Å². The van der Waals surface area contributed by atoms with E-state index in [1.54, 1.807) is 46.9 Å². The number of aromatic nitrogens is 2. The smallest absolute Gasteiger partial charge is 0.234 e. The van der Waals surface area contributed by atoms with Crippen LogP contribution < -0.4 is 5.32 Å². The van der Waals surface area contributed by atoms with Crippen molar-refractivity contribution in [3.63, 3.8) is 0 Å². The lowest BCUT2D eigenvalue weighted by molar-refractivity contribution is -0.113. The van der Waals surface area contributed by atoms with Crippen LogP contribution in [-0.2, 0) is 4.79 Å². The van der Waals surface area contributed by atoms with Gasteiger partial charge >= 0.3 is 0 Å². The van der Waals surface area contributed by atoms with Gasteiger partial charge in [0, 0.05) is 15.8 Å². The van der Waals surface area contributed by atoms with Crippen molar-refractivity contribution in [3.05, 3.63) is 58.5 Å². The zero-order valence-electron chi connectivity index (χ0n) is 14.8. The van der Waals surface area contributed by atoms with E-state index in [9.17, 15) is 4.79 Å². The average Bonchev–Trinajstić information content (AvgIpc) is 3.36. The van der Waals surface area contributed by atoms with E-state index in [4.69, 9.17) is 5.26 Å². The number of anilines is 1. The molecule has 0 bridgehead atoms. The van der Waals surface area contributed by atoms with Crippen LogP contribution in [0.25, 0.3) is 20.7 Å². The molecule has 1 amide bonds. The number of amides is 1. The monoisotopic (exact) mass is 422 g/mol. The Bertz CT molecular complexity index is 1190. The standard InChI is InChI=1S/C20H14N4OS3/c1-12-22-19-18(14(10-27-19)16-7-4-8-26-16)20(23-12)28-11-17(25)24-15-6-3-2-5-13(15)9-21/h2-8,10H,11H2,1H3,(H,24,25). The highest BCUT2D eigenvalue weighted by Crippen LogP contribution is 2.39. The van der Waals surface area contributed by atoms with Gasteiger partial charge in [-0.05, 0) is 30.5 Å². The summed E-state index contributed by atoms with van der Waals surface area (Å²) in [5.41, 5.74) is 2.07. The summed E-state index contributed by atoms with van der Waals surface area (Å²) in [6, 6.07) is 13.1. The van der Waals surface area contributed by atoms with Crippen LogP contribution in [-0.4, -0.2) is 21.6 Å². The van der Waals surface area contributed by atoms with Gasteiger partial charge in [0.1, 0.15) is 21.7 Å². The molecule has 8 heteroatoms. The zero-order chi connectivity index (χ0) is 19.5. The third-order valence-corrected chi connectivity index (χ3v) is 6.71. The molecule has 0 spiro atoms. The first-order valence-corrected chi connectivity index (χ1v) is 11.1. The van der Waals surface area contributed by atoms with Crippen LogP contribution in [0, 0.1) is 18.3 Å². The molecule has 0 unspecified atom stereocenters. The van der Waals surface area contributed by atoms with Gasteiger partial charge in [0.25, 0.3) is 0 Å². The second-order valence-corrected chi connectivity index (χ2v) is 8.65. The second kappa shape index (κ2) is 8.10. The molecule has 1 N–H and O–H groups in total. The predicted octanol–water partition coefficient (Wildman–Crippen LogP) is 5.33. The van der Waals surface area contributed by atoms with E-state index in [0.717, 1.165) is 25.7 Å². The quantitative estimate of drug-likeness (QED) is 0.347. The molecule has 4 aromatic rings. The number of aryl methyl sites for hydroxylation is 1. The van der Waals surface area contributed by atoms with E-state index in [1.807, 2.05) is 18.4 Å². The Labute approximate surface area is 174 Å². The van der Waals surface area contributed by atoms with Gasteiger partial charge in [0.2, 0.25) is 5.91 Å². The molecule has 1 aromatic carbocycles. The van der Waals surface area contributed by atoms with Gasteiger partial charge < -0.3 is 5.32 Å². The van der Waals surface area contributed by atoms with Crippen LogP contribution >= 0.6 is 34.4 Å². The number of para-hydroxylation sites is 1. The van der Waals surface area contributed by atoms with Crippen LogP contribution in [0.4, 0.5) is 5.69 Å². The molecule has 0 aliphatic rings. The fourth-order valence-electron chi connectivity index (χ4n) is 2.74. The summed E-state index contributed by atoms with van der Waals surface area (Å²) in [6.07, 6.45) is 0. The Morgan fingerprint density at radius 2 is 2.07 bits per heavy atom. The third-order valence-electron chi connectivity index (χ3n) is 3.96. The van der Waals surface area contributed by atoms with Crippen molar-refractivity contribution in [3.8, 4) is 16.5 Å². The van der Waals surface area contributed by atoms with E-state index >= 15 is 0 Å². The molecule has 0 saturated carbocycles. The summed E-state index contributed by atoms with van der Waals surface area (Å²) < 4.78 is 0. The number of nitrogens with one attached hydrogen (secondary N) is 1. The third kappa shape index (κ3) is 3.78. The number of thioether (sulfide) groups is 1. The maximum absolute atomic E-state index is 12.4. The molecule has 3 heterocycles. The Hall–Kier alpha value is -2.73. The van der Waals surface area contributed by atoms with Crippen molar-refractivity contribution in [2.75, 3.05) is 11.1 Å². The van der Waals surface area contributed by atoms with Crippen molar-refractivity contribution in [1.29, 1.82) is 5.26 Å². The van der Waals surface area contributed by atoms with Gasteiger partial charge in [0.05, 0.1) is 22.4 Å². The minimum atomic E-state index is -0.176. The first-order chi connectivity index (χ1) is 13.7. The largest absolute Gasteiger partial charge is 0.324 e. The van der Waals surface area contributed by atoms with Crippen molar-refractivity contribution >= 4 is 56.2 Å². The lowest BCUT2D eigenvalue weighted by Gasteiger charge is -2.08. The normalized spacial score (nSPS) is 10.7. The summed E-state index contributed by atoms with van der Waals surface area (Å²) in [5.74, 6) is 0.709. The maximum atomic E-state index is 12.4. The molecule has 3 aromatic heterocycles. The highest BCUT2D eigenvalue weighted by Gasteiger charge is 2.17. The molecule has 0 radical (unpaired) electrons. The number of fused-ring (bicyclic) bond motifs is 1. The van der Waals surface area contributed by atoms with Gasteiger partial charge in [0.15, 0.2) is 0 Å². The number of hydrogen-bond acceptors (Lipinski definition) is 7. The first-order valence-electron chi connectivity index (χ1n) is 8.37. The summed E-state index contributed by atoms with van der Waals surface area (Å²) in [5, 5.41) is 17.9. The fourth-order valence-corrected chi connectivity index (χ4v) is 5.50. The first kappa shape index (κ1) is 18.6. The number of nitrogens with zero attached hydrogens (tertiary/aromatic N) is 3. The maximum Gasteiger partial charge on any atom is 0.234 e. The summed E-state index contributed by atoms with van der Waals surface area (Å²) in [6.45, 7) is 1.86. The molecule has 28 heavy (non-hydrogen) atoms. The molecule has 0 fully saturated rings. The van der Waals surface area contributed by atoms with Crippen LogP contribution in [0.3, 0.4) is 0 Å². The molecule has 0 atom stereocenters. The van der Waals surface area contributed by atoms with Crippen molar-refractivity contribution < 1.29 is 4.79 Å². The van der Waals surface area contributed by atoms with Crippen LogP contribution in [0.15, 0.2) is 52.2 Å². The van der Waals surface area contributed by atoms with Gasteiger partial charge in [-0.3, -0.25) is 4.79 Å². The lowest BCUT2D eigenvalue weighted by Crippen LogP contribution is -2.15. The fraction of sp³-hybridized carbons (Fsp3) is 0.100. The number of rotatable bonds is 5. The average molecular weight is 423 g/mol. The Morgan fingerprint density at radius 3 is 2.86 bits per heavy atom. The molecule has 4 rings (SSSR count). The predicted molar refractivity (Wildman–Crippen MR) is 116 cm³/mol. The SMILES string of the molecule is Cc1nc(SCC(=O)Nc2ccccc2C#N)c2c(-c3cccs3)csc2n1. The van der Waals surface area contributed by atoms with Crippen LogP contribution in [0.5, 0.6) is 0 Å². The van der Waals surface area contributed by atoms with Crippen molar-refractivity contribution in [1.82, 2.24) is 9.97 Å². The van der Waals surface area contributed by atoms with Gasteiger partial charge in [-0.15, -0.1) is 22.7 Å². The molecular weight excluding hydrogens is 408 g/mol. The highest BCUT2D eigenvalue weighted by molar-refractivity contribution is 8.00. The van der Waals surface area contributed by atoms with Gasteiger partial charge in [-0.25, -0.2) is 9.97 Å². The van der Waals surface area contributed by atoms with E-state index in [1.165, 1.54) is 11.8 Å². The topological polar surface area (TPSA) is 78.7 Å². The minimum absolute atomic E-state index is 0.176. The van der Waals surface area contributed by atoms with E-state index in [2.05, 4.69) is 32.8 Å². The Kier molecular flexibility index (Phi) is 5.39. The molecule has 0 aliphatic heterocycles. The summed E-state index contributed by atoms with van der Waals surface area (Å²) in [7, 11) is 0. The Balaban J connectivity index is 1.59. The van der Waals surface area contributed by atoms with Crippen molar-refractivity contribution in [2.45, 2.75) is 11.9 Å². The number of carbonyl (C=O) groups is 1. The second-order valence-electron chi connectivity index (χ2n) is 5.88. The highest BCUT2D eigenvalue weighted by atomic mass is 32.2. The molecule has 0 aliphatic carbocycles. The van der Waals surface area contributed by atoms with Gasteiger partial charge in [-0.1, -0.05) is 30.0 Å². The number of hydrogen-bond donors (Lipinski definition) is 1. The zero-order valence-corrected chi connectivity index (χ0v) is 17.3. The lowest BCUT2D eigenvalue weighted by atomic mass is 10.2. The van der Waals surface area contributed by atoms with Gasteiger partial charge in [-0.2, -0.15) is 5.26 Å². The number of benzene rings is 1. The Morgan fingerprint density at radius 1 is 1.21 bits per heavy atom. The van der Waals surface area contributed by atoms with E-state index < -0.39 is 0 Å². The summed E-state index contributed by atoms with van der Waals surface area (Å²) >= 11 is 4.64. The molecule has 0 saturated heterocycles. The van der Waals surface area contributed by atoms with E-state index in [-0.39, 0.29) is 11.7 Å². The summed E-state index contributed by atoms with van der Waals surface area (Å²) in [4.78, 5) is 23.7. The molecule has 138 valence electrons. The van der Waals surface area contributed by atoms with E-state index in [0.29, 0.717) is 17.1 Å². The number of nitriles is 1. The van der Waals surface area contributed by atoms with Crippen LogP contribution in [0.1, 0.15) is 11.4 Å².